The second-order valence-electron chi connectivity index (χ2n) is 3.70. The van der Waals surface area contributed by atoms with E-state index in [0.29, 0.717) is 12.6 Å². The fourth-order valence-electron chi connectivity index (χ4n) is 1.23. The van der Waals surface area contributed by atoms with Crippen molar-refractivity contribution in [2.24, 2.45) is 7.05 Å². The first-order valence-corrected chi connectivity index (χ1v) is 4.96. The van der Waals surface area contributed by atoms with Gasteiger partial charge in [0.15, 0.2) is 0 Å². The summed E-state index contributed by atoms with van der Waals surface area (Å²) >= 11 is 0. The zero-order valence-corrected chi connectivity index (χ0v) is 9.37. The summed E-state index contributed by atoms with van der Waals surface area (Å²) in [5.74, 6) is 0.827. The maximum atomic E-state index is 5.55. The summed E-state index contributed by atoms with van der Waals surface area (Å²) in [5.41, 5.74) is 0.985. The number of nitrogens with one attached hydrogen (secondary N) is 1. The molecule has 0 fully saturated rings. The molecule has 1 N–H and O–H groups in total. The first-order chi connectivity index (χ1) is 6.59. The molecular formula is C10H19N3O. The van der Waals surface area contributed by atoms with Crippen molar-refractivity contribution in [2.75, 3.05) is 13.2 Å². The Hall–Kier alpha value is -1.03. The molecule has 1 rings (SSSR count). The molecule has 4 heteroatoms. The van der Waals surface area contributed by atoms with Crippen molar-refractivity contribution >= 4 is 0 Å². The molecule has 0 saturated carbocycles. The third-order valence-electron chi connectivity index (χ3n) is 1.86. The second-order valence-corrected chi connectivity index (χ2v) is 3.70. The highest BCUT2D eigenvalue weighted by Crippen LogP contribution is 2.10. The minimum Gasteiger partial charge on any atom is -0.476 e. The molecule has 0 aliphatic heterocycles. The van der Waals surface area contributed by atoms with Gasteiger partial charge in [0.1, 0.15) is 6.61 Å². The first-order valence-electron chi connectivity index (χ1n) is 4.96. The molecule has 0 spiro atoms. The van der Waals surface area contributed by atoms with Crippen molar-refractivity contribution in [3.05, 3.63) is 11.8 Å². The minimum atomic E-state index is 0.506. The molecule has 4 nitrogen and oxygen atoms in total. The summed E-state index contributed by atoms with van der Waals surface area (Å²) in [6, 6.07) is 2.45. The lowest BCUT2D eigenvalue weighted by atomic mass is 10.4. The van der Waals surface area contributed by atoms with Gasteiger partial charge in [-0.2, -0.15) is 5.10 Å². The summed E-state index contributed by atoms with van der Waals surface area (Å²) in [4.78, 5) is 0. The maximum Gasteiger partial charge on any atom is 0.211 e. The lowest BCUT2D eigenvalue weighted by Gasteiger charge is -2.09. The Morgan fingerprint density at radius 2 is 2.29 bits per heavy atom. The number of ether oxygens (including phenoxy) is 1. The van der Waals surface area contributed by atoms with Gasteiger partial charge in [-0.15, -0.1) is 0 Å². The van der Waals surface area contributed by atoms with Crippen LogP contribution in [0.15, 0.2) is 6.07 Å². The van der Waals surface area contributed by atoms with Crippen molar-refractivity contribution in [3.63, 3.8) is 0 Å². The molecule has 0 atom stereocenters. The fraction of sp³-hybridized carbons (Fsp3) is 0.700. The van der Waals surface area contributed by atoms with Gasteiger partial charge in [0.05, 0.1) is 5.69 Å². The molecular weight excluding hydrogens is 178 g/mol. The predicted octanol–water partition coefficient (Wildman–Crippen LogP) is 1.11. The molecule has 14 heavy (non-hydrogen) atoms. The number of rotatable bonds is 5. The van der Waals surface area contributed by atoms with Crippen LogP contribution in [0.2, 0.25) is 0 Å². The maximum absolute atomic E-state index is 5.55. The van der Waals surface area contributed by atoms with E-state index < -0.39 is 0 Å². The van der Waals surface area contributed by atoms with Gasteiger partial charge in [0, 0.05) is 25.7 Å². The molecule has 0 amide bonds. The highest BCUT2D eigenvalue weighted by atomic mass is 16.5. The smallest absolute Gasteiger partial charge is 0.211 e. The lowest BCUT2D eigenvalue weighted by molar-refractivity contribution is 0.284. The van der Waals surface area contributed by atoms with Gasteiger partial charge in [-0.05, 0) is 6.92 Å². The molecule has 0 aliphatic rings. The Balaban J connectivity index is 2.28. The van der Waals surface area contributed by atoms with Crippen LogP contribution in [0.3, 0.4) is 0 Å². The van der Waals surface area contributed by atoms with Crippen molar-refractivity contribution in [3.8, 4) is 5.88 Å². The second kappa shape index (κ2) is 5.00. The number of hydrogen-bond acceptors (Lipinski definition) is 3. The van der Waals surface area contributed by atoms with Crippen molar-refractivity contribution in [1.29, 1.82) is 0 Å². The van der Waals surface area contributed by atoms with E-state index in [1.54, 1.807) is 4.68 Å². The van der Waals surface area contributed by atoms with Gasteiger partial charge in [0.2, 0.25) is 5.88 Å². The Bertz CT molecular complexity index is 281. The SMILES string of the molecule is Cc1cc(OCCNC(C)C)n(C)n1. The molecule has 0 aromatic carbocycles. The van der Waals surface area contributed by atoms with Crippen LogP contribution in [-0.4, -0.2) is 29.0 Å². The first kappa shape index (κ1) is 11.0. The van der Waals surface area contributed by atoms with E-state index in [1.165, 1.54) is 0 Å². The topological polar surface area (TPSA) is 39.1 Å². The molecule has 0 saturated heterocycles. The third-order valence-corrected chi connectivity index (χ3v) is 1.86. The van der Waals surface area contributed by atoms with E-state index in [-0.39, 0.29) is 0 Å². The molecule has 1 heterocycles. The van der Waals surface area contributed by atoms with Crippen molar-refractivity contribution < 1.29 is 4.74 Å². The van der Waals surface area contributed by atoms with Crippen LogP contribution in [0, 0.1) is 6.92 Å². The number of aromatic nitrogens is 2. The molecule has 0 unspecified atom stereocenters. The quantitative estimate of drug-likeness (QED) is 0.719. The summed E-state index contributed by atoms with van der Waals surface area (Å²) in [7, 11) is 1.89. The minimum absolute atomic E-state index is 0.506. The zero-order valence-electron chi connectivity index (χ0n) is 9.37. The fourth-order valence-corrected chi connectivity index (χ4v) is 1.23. The Labute approximate surface area is 85.3 Å². The average Bonchev–Trinajstić information content (AvgIpc) is 2.39. The van der Waals surface area contributed by atoms with Crippen molar-refractivity contribution in [2.45, 2.75) is 26.8 Å². The van der Waals surface area contributed by atoms with Gasteiger partial charge >= 0.3 is 0 Å². The Morgan fingerprint density at radius 1 is 1.57 bits per heavy atom. The largest absolute Gasteiger partial charge is 0.476 e. The molecule has 80 valence electrons. The van der Waals surface area contributed by atoms with Crippen LogP contribution in [0.1, 0.15) is 19.5 Å². The van der Waals surface area contributed by atoms with Crippen molar-refractivity contribution in [1.82, 2.24) is 15.1 Å². The number of hydrogen-bond donors (Lipinski definition) is 1. The zero-order chi connectivity index (χ0) is 10.6. The van der Waals surface area contributed by atoms with E-state index in [4.69, 9.17) is 4.74 Å². The van der Waals surface area contributed by atoms with Gasteiger partial charge < -0.3 is 10.1 Å². The van der Waals surface area contributed by atoms with Gasteiger partial charge in [-0.1, -0.05) is 13.8 Å². The van der Waals surface area contributed by atoms with E-state index in [0.717, 1.165) is 18.1 Å². The number of aryl methyl sites for hydroxylation is 2. The van der Waals surface area contributed by atoms with Gasteiger partial charge in [-0.3, -0.25) is 0 Å². The van der Waals surface area contributed by atoms with Gasteiger partial charge in [-0.25, -0.2) is 4.68 Å². The Morgan fingerprint density at radius 3 is 2.79 bits per heavy atom. The highest BCUT2D eigenvalue weighted by Gasteiger charge is 2.01. The van der Waals surface area contributed by atoms with E-state index in [9.17, 15) is 0 Å². The van der Waals surface area contributed by atoms with Crippen LogP contribution in [0.25, 0.3) is 0 Å². The molecule has 1 aromatic rings. The summed E-state index contributed by atoms with van der Waals surface area (Å²) in [5, 5.41) is 7.48. The normalized spacial score (nSPS) is 10.9. The van der Waals surface area contributed by atoms with Crippen LogP contribution in [-0.2, 0) is 7.05 Å². The highest BCUT2D eigenvalue weighted by molar-refractivity contribution is 5.14. The van der Waals surface area contributed by atoms with Crippen LogP contribution in [0.5, 0.6) is 5.88 Å². The van der Waals surface area contributed by atoms with E-state index in [1.807, 2.05) is 20.0 Å². The van der Waals surface area contributed by atoms with E-state index >= 15 is 0 Å². The van der Waals surface area contributed by atoms with Gasteiger partial charge in [0.25, 0.3) is 0 Å². The van der Waals surface area contributed by atoms with Crippen LogP contribution < -0.4 is 10.1 Å². The lowest BCUT2D eigenvalue weighted by Crippen LogP contribution is -2.27. The molecule has 0 bridgehead atoms. The average molecular weight is 197 g/mol. The monoisotopic (exact) mass is 197 g/mol. The third kappa shape index (κ3) is 3.38. The van der Waals surface area contributed by atoms with Crippen LogP contribution in [0.4, 0.5) is 0 Å². The Kier molecular flexibility index (Phi) is 3.95. The summed E-state index contributed by atoms with van der Waals surface area (Å²) in [6.45, 7) is 7.74. The summed E-state index contributed by atoms with van der Waals surface area (Å²) in [6.07, 6.45) is 0. The predicted molar refractivity (Wildman–Crippen MR) is 56.6 cm³/mol. The van der Waals surface area contributed by atoms with E-state index in [2.05, 4.69) is 24.3 Å². The number of nitrogens with zero attached hydrogens (tertiary/aromatic N) is 2. The molecule has 0 aliphatic carbocycles. The van der Waals surface area contributed by atoms with Crippen LogP contribution >= 0.6 is 0 Å². The molecule has 1 aromatic heterocycles. The molecule has 0 radical (unpaired) electrons. The summed E-state index contributed by atoms with van der Waals surface area (Å²) < 4.78 is 7.30. The standard InChI is InChI=1S/C10H19N3O/c1-8(2)11-5-6-14-10-7-9(3)12-13(10)4/h7-8,11H,5-6H2,1-4H3.